The first kappa shape index (κ1) is 12.9. The van der Waals surface area contributed by atoms with Crippen molar-refractivity contribution in [2.45, 2.75) is 19.5 Å². The van der Waals surface area contributed by atoms with Crippen LogP contribution in [0, 0.1) is 0 Å². The Bertz CT molecular complexity index is 599. The molecule has 0 spiro atoms. The molecule has 1 N–H and O–H groups in total. The van der Waals surface area contributed by atoms with Crippen LogP contribution in [-0.2, 0) is 19.5 Å². The highest BCUT2D eigenvalue weighted by Crippen LogP contribution is 2.32. The van der Waals surface area contributed by atoms with Crippen molar-refractivity contribution in [1.29, 1.82) is 0 Å². The van der Waals surface area contributed by atoms with Crippen LogP contribution >= 0.6 is 0 Å². The minimum Gasteiger partial charge on any atom is -0.504 e. The van der Waals surface area contributed by atoms with Crippen molar-refractivity contribution < 1.29 is 9.84 Å². The molecule has 0 radical (unpaired) electrons. The Morgan fingerprint density at radius 3 is 2.80 bits per heavy atom. The Morgan fingerprint density at radius 2 is 2.05 bits per heavy atom. The van der Waals surface area contributed by atoms with Crippen LogP contribution in [0.1, 0.15) is 16.7 Å². The highest BCUT2D eigenvalue weighted by molar-refractivity contribution is 5.47. The van der Waals surface area contributed by atoms with Gasteiger partial charge in [-0.05, 0) is 47.4 Å². The summed E-state index contributed by atoms with van der Waals surface area (Å²) in [5, 5.41) is 9.82. The summed E-state index contributed by atoms with van der Waals surface area (Å²) in [7, 11) is 1.58. The Labute approximate surface area is 118 Å². The molecule has 0 saturated carbocycles. The van der Waals surface area contributed by atoms with E-state index in [1.807, 2.05) is 36.7 Å². The number of ether oxygens (including phenoxy) is 1. The van der Waals surface area contributed by atoms with Gasteiger partial charge in [0.05, 0.1) is 7.11 Å². The number of aromatic nitrogens is 1. The number of rotatable bonds is 3. The second-order valence-corrected chi connectivity index (χ2v) is 5.11. The molecule has 1 aliphatic rings. The third-order valence-electron chi connectivity index (χ3n) is 3.75. The van der Waals surface area contributed by atoms with Gasteiger partial charge in [-0.1, -0.05) is 0 Å². The van der Waals surface area contributed by atoms with Crippen molar-refractivity contribution in [2.75, 3.05) is 13.7 Å². The van der Waals surface area contributed by atoms with E-state index in [0.717, 1.165) is 26.1 Å². The van der Waals surface area contributed by atoms with E-state index in [2.05, 4.69) is 9.88 Å². The van der Waals surface area contributed by atoms with Gasteiger partial charge in [-0.3, -0.25) is 9.88 Å². The van der Waals surface area contributed by atoms with Crippen LogP contribution in [0.2, 0.25) is 0 Å². The zero-order chi connectivity index (χ0) is 13.9. The van der Waals surface area contributed by atoms with Crippen molar-refractivity contribution in [2.24, 2.45) is 0 Å². The van der Waals surface area contributed by atoms with Gasteiger partial charge >= 0.3 is 0 Å². The Kier molecular flexibility index (Phi) is 3.56. The topological polar surface area (TPSA) is 45.6 Å². The monoisotopic (exact) mass is 270 g/mol. The first-order valence-corrected chi connectivity index (χ1v) is 6.76. The van der Waals surface area contributed by atoms with Crippen molar-refractivity contribution in [1.82, 2.24) is 9.88 Å². The summed E-state index contributed by atoms with van der Waals surface area (Å²) in [6.07, 6.45) is 4.61. The maximum atomic E-state index is 9.82. The molecule has 20 heavy (non-hydrogen) atoms. The van der Waals surface area contributed by atoms with Gasteiger partial charge in [-0.2, -0.15) is 0 Å². The van der Waals surface area contributed by atoms with E-state index in [4.69, 9.17) is 4.74 Å². The first-order chi connectivity index (χ1) is 9.76. The molecule has 0 amide bonds. The van der Waals surface area contributed by atoms with E-state index in [1.54, 1.807) is 7.11 Å². The van der Waals surface area contributed by atoms with E-state index < -0.39 is 0 Å². The fourth-order valence-electron chi connectivity index (χ4n) is 2.68. The van der Waals surface area contributed by atoms with E-state index in [-0.39, 0.29) is 5.75 Å². The Morgan fingerprint density at radius 1 is 1.25 bits per heavy atom. The van der Waals surface area contributed by atoms with Gasteiger partial charge in [0, 0.05) is 32.0 Å². The number of phenolic OH excluding ortho intramolecular Hbond substituents is 1. The maximum Gasteiger partial charge on any atom is 0.160 e. The summed E-state index contributed by atoms with van der Waals surface area (Å²) in [5.41, 5.74) is 3.73. The average Bonchev–Trinajstić information content (AvgIpc) is 2.48. The number of pyridine rings is 1. The number of nitrogens with zero attached hydrogens (tertiary/aromatic N) is 2. The van der Waals surface area contributed by atoms with Gasteiger partial charge in [0.15, 0.2) is 11.5 Å². The number of fused-ring (bicyclic) bond motifs is 1. The third-order valence-corrected chi connectivity index (χ3v) is 3.75. The Balaban J connectivity index is 1.78. The van der Waals surface area contributed by atoms with Crippen molar-refractivity contribution in [3.8, 4) is 11.5 Å². The van der Waals surface area contributed by atoms with Crippen LogP contribution in [-0.4, -0.2) is 28.6 Å². The second kappa shape index (κ2) is 5.51. The molecule has 4 heteroatoms. The van der Waals surface area contributed by atoms with Gasteiger partial charge in [0.2, 0.25) is 0 Å². The van der Waals surface area contributed by atoms with Crippen molar-refractivity contribution in [3.05, 3.63) is 53.3 Å². The van der Waals surface area contributed by atoms with Crippen LogP contribution < -0.4 is 4.74 Å². The molecule has 0 bridgehead atoms. The number of hydrogen-bond donors (Lipinski definition) is 1. The molecule has 3 rings (SSSR count). The standard InChI is InChI=1S/C16H18N2O2/c1-20-16-9-14-11-18(7-4-13(14)8-15(16)19)10-12-2-5-17-6-3-12/h2-3,5-6,8-9,19H,4,7,10-11H2,1H3. The molecule has 0 fully saturated rings. The Hall–Kier alpha value is -2.07. The molecule has 1 aliphatic heterocycles. The SMILES string of the molecule is COc1cc2c(cc1O)CCN(Cc1ccncc1)C2. The highest BCUT2D eigenvalue weighted by atomic mass is 16.5. The molecule has 0 aliphatic carbocycles. The lowest BCUT2D eigenvalue weighted by Crippen LogP contribution is -2.30. The lowest BCUT2D eigenvalue weighted by Gasteiger charge is -2.29. The molecule has 1 aromatic carbocycles. The second-order valence-electron chi connectivity index (χ2n) is 5.11. The summed E-state index contributed by atoms with van der Waals surface area (Å²) >= 11 is 0. The molecular formula is C16H18N2O2. The summed E-state index contributed by atoms with van der Waals surface area (Å²) < 4.78 is 5.19. The van der Waals surface area contributed by atoms with Gasteiger partial charge in [-0.25, -0.2) is 0 Å². The van der Waals surface area contributed by atoms with Crippen LogP contribution in [0.3, 0.4) is 0 Å². The van der Waals surface area contributed by atoms with Crippen LogP contribution in [0.4, 0.5) is 0 Å². The third kappa shape index (κ3) is 2.60. The van der Waals surface area contributed by atoms with Crippen LogP contribution in [0.25, 0.3) is 0 Å². The predicted molar refractivity (Wildman–Crippen MR) is 76.7 cm³/mol. The molecule has 2 heterocycles. The van der Waals surface area contributed by atoms with Crippen molar-refractivity contribution >= 4 is 0 Å². The minimum atomic E-state index is 0.230. The van der Waals surface area contributed by atoms with Gasteiger partial charge in [0.1, 0.15) is 0 Å². The zero-order valence-corrected chi connectivity index (χ0v) is 11.5. The molecule has 0 unspecified atom stereocenters. The minimum absolute atomic E-state index is 0.230. The number of aromatic hydroxyl groups is 1. The van der Waals surface area contributed by atoms with E-state index in [1.165, 1.54) is 16.7 Å². The normalized spacial score (nSPS) is 14.8. The zero-order valence-electron chi connectivity index (χ0n) is 11.5. The molecule has 2 aromatic rings. The van der Waals surface area contributed by atoms with Gasteiger partial charge < -0.3 is 9.84 Å². The molecule has 104 valence electrons. The largest absolute Gasteiger partial charge is 0.504 e. The number of hydrogen-bond acceptors (Lipinski definition) is 4. The summed E-state index contributed by atoms with van der Waals surface area (Å²) in [4.78, 5) is 6.44. The van der Waals surface area contributed by atoms with E-state index in [0.29, 0.717) is 5.75 Å². The molecular weight excluding hydrogens is 252 g/mol. The summed E-state index contributed by atoms with van der Waals surface area (Å²) in [6, 6.07) is 7.88. The number of phenols is 1. The van der Waals surface area contributed by atoms with Gasteiger partial charge in [0.25, 0.3) is 0 Å². The fourth-order valence-corrected chi connectivity index (χ4v) is 2.68. The molecule has 0 saturated heterocycles. The predicted octanol–water partition coefficient (Wildman–Crippen LogP) is 2.35. The summed E-state index contributed by atoms with van der Waals surface area (Å²) in [6.45, 7) is 2.81. The molecule has 1 aromatic heterocycles. The maximum absolute atomic E-state index is 9.82. The van der Waals surface area contributed by atoms with Crippen molar-refractivity contribution in [3.63, 3.8) is 0 Å². The quantitative estimate of drug-likeness (QED) is 0.930. The highest BCUT2D eigenvalue weighted by Gasteiger charge is 2.18. The van der Waals surface area contributed by atoms with E-state index >= 15 is 0 Å². The van der Waals surface area contributed by atoms with E-state index in [9.17, 15) is 5.11 Å². The summed E-state index contributed by atoms with van der Waals surface area (Å²) in [5.74, 6) is 0.781. The fraction of sp³-hybridized carbons (Fsp3) is 0.312. The molecule has 4 nitrogen and oxygen atoms in total. The number of methoxy groups -OCH3 is 1. The lowest BCUT2D eigenvalue weighted by atomic mass is 9.98. The van der Waals surface area contributed by atoms with Crippen LogP contribution in [0.5, 0.6) is 11.5 Å². The average molecular weight is 270 g/mol. The smallest absolute Gasteiger partial charge is 0.160 e. The lowest BCUT2D eigenvalue weighted by molar-refractivity contribution is 0.244. The number of benzene rings is 1. The first-order valence-electron chi connectivity index (χ1n) is 6.76. The van der Waals surface area contributed by atoms with Gasteiger partial charge in [-0.15, -0.1) is 0 Å². The molecule has 0 atom stereocenters. The van der Waals surface area contributed by atoms with Crippen LogP contribution in [0.15, 0.2) is 36.7 Å².